The summed E-state index contributed by atoms with van der Waals surface area (Å²) in [6, 6.07) is 2.68. The summed E-state index contributed by atoms with van der Waals surface area (Å²) in [4.78, 5) is 2.86. The first-order valence-electron chi connectivity index (χ1n) is 7.20. The molecule has 4 atom stereocenters. The number of hydrazine groups is 1. The zero-order valence-electron chi connectivity index (χ0n) is 11.4. The van der Waals surface area contributed by atoms with Gasteiger partial charge in [0.05, 0.1) is 6.04 Å². The molecule has 0 aliphatic heterocycles. The third-order valence-electron chi connectivity index (χ3n) is 5.15. The van der Waals surface area contributed by atoms with Crippen LogP contribution in [0, 0.1) is 31.6 Å². The van der Waals surface area contributed by atoms with E-state index in [9.17, 15) is 0 Å². The van der Waals surface area contributed by atoms with Crippen molar-refractivity contribution in [1.82, 2.24) is 5.43 Å². The monoisotopic (exact) mass is 264 g/mol. The molecule has 4 unspecified atom stereocenters. The first kappa shape index (κ1) is 12.6. The topological polar surface area (TPSA) is 38.0 Å². The Kier molecular flexibility index (Phi) is 3.48. The Morgan fingerprint density at radius 1 is 1.39 bits per heavy atom. The van der Waals surface area contributed by atoms with Crippen LogP contribution in [0.25, 0.3) is 0 Å². The first-order chi connectivity index (χ1) is 8.67. The number of hydrogen-bond donors (Lipinski definition) is 2. The zero-order valence-corrected chi connectivity index (χ0v) is 12.2. The minimum Gasteiger partial charge on any atom is -0.271 e. The van der Waals surface area contributed by atoms with Crippen LogP contribution in [0.15, 0.2) is 6.07 Å². The summed E-state index contributed by atoms with van der Waals surface area (Å²) in [6.45, 7) is 4.40. The second-order valence-corrected chi connectivity index (χ2v) is 7.57. The molecule has 0 saturated heterocycles. The van der Waals surface area contributed by atoms with E-state index < -0.39 is 0 Å². The molecule has 0 aromatic carbocycles. The molecule has 2 aliphatic carbocycles. The van der Waals surface area contributed by atoms with Crippen LogP contribution in [0.5, 0.6) is 0 Å². The minimum absolute atomic E-state index is 0.367. The normalized spacial score (nSPS) is 32.1. The van der Waals surface area contributed by atoms with Crippen molar-refractivity contribution in [2.45, 2.75) is 52.0 Å². The average Bonchev–Trinajstić information content (AvgIpc) is 3.03. The molecule has 1 aromatic heterocycles. The molecule has 0 spiro atoms. The zero-order chi connectivity index (χ0) is 12.7. The Morgan fingerprint density at radius 2 is 2.22 bits per heavy atom. The number of hydrogen-bond acceptors (Lipinski definition) is 3. The van der Waals surface area contributed by atoms with Gasteiger partial charge >= 0.3 is 0 Å². The maximum atomic E-state index is 5.80. The van der Waals surface area contributed by atoms with E-state index in [-0.39, 0.29) is 0 Å². The highest BCUT2D eigenvalue weighted by atomic mass is 32.1. The van der Waals surface area contributed by atoms with Crippen molar-refractivity contribution < 1.29 is 0 Å². The van der Waals surface area contributed by atoms with E-state index in [2.05, 4.69) is 25.3 Å². The van der Waals surface area contributed by atoms with Gasteiger partial charge in [-0.1, -0.05) is 6.42 Å². The Morgan fingerprint density at radius 3 is 2.72 bits per heavy atom. The predicted molar refractivity (Wildman–Crippen MR) is 77.4 cm³/mol. The largest absolute Gasteiger partial charge is 0.271 e. The van der Waals surface area contributed by atoms with Crippen molar-refractivity contribution >= 4 is 11.3 Å². The molecule has 2 nitrogen and oxygen atoms in total. The Hall–Kier alpha value is -0.380. The van der Waals surface area contributed by atoms with Gasteiger partial charge < -0.3 is 0 Å². The quantitative estimate of drug-likeness (QED) is 0.643. The second kappa shape index (κ2) is 4.95. The number of nitrogens with two attached hydrogens (primary N) is 1. The fraction of sp³-hybridized carbons (Fsp3) is 0.733. The van der Waals surface area contributed by atoms with Crippen LogP contribution in [0.4, 0.5) is 0 Å². The maximum Gasteiger partial charge on any atom is 0.0556 e. The smallest absolute Gasteiger partial charge is 0.0556 e. The Balaban J connectivity index is 1.69. The van der Waals surface area contributed by atoms with Gasteiger partial charge in [0.2, 0.25) is 0 Å². The van der Waals surface area contributed by atoms with Crippen molar-refractivity contribution in [1.29, 1.82) is 0 Å². The molecule has 2 fully saturated rings. The lowest BCUT2D eigenvalue weighted by Gasteiger charge is -2.25. The van der Waals surface area contributed by atoms with Gasteiger partial charge in [-0.3, -0.25) is 11.3 Å². The molecule has 100 valence electrons. The SMILES string of the molecule is Cc1cc(C(CC2CC3CCC2C3)NN)sc1C. The number of fused-ring (bicyclic) bond motifs is 2. The standard InChI is InChI=1S/C15H24N2S/c1-9-5-15(18-10(9)2)14(17-16)8-13-7-11-3-4-12(13)6-11/h5,11-14,17H,3-4,6-8,16H2,1-2H3. The molecule has 2 bridgehead atoms. The van der Waals surface area contributed by atoms with Gasteiger partial charge in [0.25, 0.3) is 0 Å². The van der Waals surface area contributed by atoms with E-state index in [1.54, 1.807) is 0 Å². The van der Waals surface area contributed by atoms with E-state index in [1.165, 1.54) is 47.4 Å². The van der Waals surface area contributed by atoms with E-state index in [0.717, 1.165) is 17.8 Å². The van der Waals surface area contributed by atoms with Gasteiger partial charge in [-0.25, -0.2) is 0 Å². The molecule has 2 saturated carbocycles. The van der Waals surface area contributed by atoms with Gasteiger partial charge in [0.1, 0.15) is 0 Å². The molecule has 1 aromatic rings. The molecule has 3 N–H and O–H groups in total. The van der Waals surface area contributed by atoms with Crippen molar-refractivity contribution in [3.8, 4) is 0 Å². The van der Waals surface area contributed by atoms with Crippen LogP contribution in [0.3, 0.4) is 0 Å². The van der Waals surface area contributed by atoms with Crippen LogP contribution < -0.4 is 11.3 Å². The van der Waals surface area contributed by atoms with Gasteiger partial charge in [-0.15, -0.1) is 11.3 Å². The van der Waals surface area contributed by atoms with Gasteiger partial charge in [-0.2, -0.15) is 0 Å². The van der Waals surface area contributed by atoms with E-state index >= 15 is 0 Å². The third-order valence-corrected chi connectivity index (χ3v) is 6.42. The van der Waals surface area contributed by atoms with Crippen molar-refractivity contribution in [3.05, 3.63) is 21.4 Å². The molecule has 0 radical (unpaired) electrons. The molecular formula is C15H24N2S. The molecule has 0 amide bonds. The van der Waals surface area contributed by atoms with E-state index in [0.29, 0.717) is 6.04 Å². The lowest BCUT2D eigenvalue weighted by atomic mass is 9.84. The van der Waals surface area contributed by atoms with E-state index in [4.69, 9.17) is 5.84 Å². The molecule has 3 heteroatoms. The molecule has 18 heavy (non-hydrogen) atoms. The average molecular weight is 264 g/mol. The lowest BCUT2D eigenvalue weighted by molar-refractivity contribution is 0.281. The van der Waals surface area contributed by atoms with Crippen LogP contribution in [-0.4, -0.2) is 0 Å². The first-order valence-corrected chi connectivity index (χ1v) is 8.02. The summed E-state index contributed by atoms with van der Waals surface area (Å²) < 4.78 is 0. The summed E-state index contributed by atoms with van der Waals surface area (Å²) in [7, 11) is 0. The van der Waals surface area contributed by atoms with Gasteiger partial charge in [0, 0.05) is 9.75 Å². The second-order valence-electron chi connectivity index (χ2n) is 6.28. The van der Waals surface area contributed by atoms with Crippen molar-refractivity contribution in [2.24, 2.45) is 23.6 Å². The Labute approximate surface area is 114 Å². The summed E-state index contributed by atoms with van der Waals surface area (Å²) in [6.07, 6.45) is 7.13. The highest BCUT2D eigenvalue weighted by Gasteiger charge is 2.40. The molecule has 1 heterocycles. The maximum absolute atomic E-state index is 5.80. The van der Waals surface area contributed by atoms with E-state index in [1.807, 2.05) is 11.3 Å². The highest BCUT2D eigenvalue weighted by Crippen LogP contribution is 2.51. The number of thiophene rings is 1. The predicted octanol–water partition coefficient (Wildman–Crippen LogP) is 3.70. The van der Waals surface area contributed by atoms with Crippen LogP contribution >= 0.6 is 11.3 Å². The van der Waals surface area contributed by atoms with Crippen molar-refractivity contribution in [2.75, 3.05) is 0 Å². The summed E-state index contributed by atoms with van der Waals surface area (Å²) >= 11 is 1.91. The van der Waals surface area contributed by atoms with Crippen LogP contribution in [0.1, 0.15) is 53.5 Å². The highest BCUT2D eigenvalue weighted by molar-refractivity contribution is 7.12. The fourth-order valence-corrected chi connectivity index (χ4v) is 5.12. The molecule has 3 rings (SSSR count). The molecule has 2 aliphatic rings. The number of aryl methyl sites for hydroxylation is 2. The molecular weight excluding hydrogens is 240 g/mol. The van der Waals surface area contributed by atoms with Crippen LogP contribution in [-0.2, 0) is 0 Å². The lowest BCUT2D eigenvalue weighted by Crippen LogP contribution is -2.30. The van der Waals surface area contributed by atoms with Crippen molar-refractivity contribution in [3.63, 3.8) is 0 Å². The fourth-order valence-electron chi connectivity index (χ4n) is 4.01. The van der Waals surface area contributed by atoms with Gasteiger partial charge in [-0.05, 0) is 68.9 Å². The third kappa shape index (κ3) is 2.24. The summed E-state index contributed by atoms with van der Waals surface area (Å²) in [5, 5.41) is 0. The summed E-state index contributed by atoms with van der Waals surface area (Å²) in [5.41, 5.74) is 4.46. The number of rotatable bonds is 4. The minimum atomic E-state index is 0.367. The van der Waals surface area contributed by atoms with Gasteiger partial charge in [0.15, 0.2) is 0 Å². The Bertz CT molecular complexity index is 407. The van der Waals surface area contributed by atoms with Crippen LogP contribution in [0.2, 0.25) is 0 Å². The number of nitrogens with one attached hydrogen (secondary N) is 1. The summed E-state index contributed by atoms with van der Waals surface area (Å²) in [5.74, 6) is 8.73.